The first-order valence-corrected chi connectivity index (χ1v) is 8.05. The lowest BCUT2D eigenvalue weighted by atomic mass is 9.78. The van der Waals surface area contributed by atoms with E-state index < -0.39 is 0 Å². The Labute approximate surface area is 113 Å². The van der Waals surface area contributed by atoms with E-state index in [1.165, 1.54) is 57.8 Å². The van der Waals surface area contributed by atoms with Crippen LogP contribution in [0.2, 0.25) is 0 Å². The molecule has 2 N–H and O–H groups in total. The van der Waals surface area contributed by atoms with Crippen molar-refractivity contribution < 1.29 is 4.74 Å². The summed E-state index contributed by atoms with van der Waals surface area (Å²) in [5.74, 6) is 1.73. The minimum Gasteiger partial charge on any atom is -0.370 e. The van der Waals surface area contributed by atoms with Gasteiger partial charge in [0.2, 0.25) is 0 Å². The van der Waals surface area contributed by atoms with Gasteiger partial charge >= 0.3 is 0 Å². The fourth-order valence-corrected chi connectivity index (χ4v) is 3.96. The SMILES string of the molecule is CCC1CCC(OC2(CN)CCCC(C)C2)CC1. The zero-order chi connectivity index (χ0) is 13.0. The van der Waals surface area contributed by atoms with E-state index in [4.69, 9.17) is 10.5 Å². The molecule has 2 atom stereocenters. The lowest BCUT2D eigenvalue weighted by molar-refractivity contribution is -0.129. The van der Waals surface area contributed by atoms with Crippen molar-refractivity contribution in [2.24, 2.45) is 17.6 Å². The molecule has 2 aliphatic carbocycles. The van der Waals surface area contributed by atoms with Gasteiger partial charge in [0.25, 0.3) is 0 Å². The molecule has 2 heteroatoms. The number of ether oxygens (including phenoxy) is 1. The summed E-state index contributed by atoms with van der Waals surface area (Å²) in [4.78, 5) is 0. The number of nitrogens with two attached hydrogens (primary N) is 1. The lowest BCUT2D eigenvalue weighted by Gasteiger charge is -2.43. The summed E-state index contributed by atoms with van der Waals surface area (Å²) >= 11 is 0. The van der Waals surface area contributed by atoms with Crippen molar-refractivity contribution >= 4 is 0 Å². The third-order valence-corrected chi connectivity index (χ3v) is 5.21. The van der Waals surface area contributed by atoms with Crippen LogP contribution in [-0.2, 0) is 4.74 Å². The Morgan fingerprint density at radius 3 is 2.44 bits per heavy atom. The molecule has 0 aromatic rings. The van der Waals surface area contributed by atoms with E-state index in [-0.39, 0.29) is 5.60 Å². The van der Waals surface area contributed by atoms with Crippen molar-refractivity contribution in [2.45, 2.75) is 83.3 Å². The van der Waals surface area contributed by atoms with Crippen LogP contribution in [-0.4, -0.2) is 18.2 Å². The van der Waals surface area contributed by atoms with Gasteiger partial charge in [-0.2, -0.15) is 0 Å². The molecule has 0 heterocycles. The molecule has 0 radical (unpaired) electrons. The molecule has 2 nitrogen and oxygen atoms in total. The van der Waals surface area contributed by atoms with Crippen LogP contribution >= 0.6 is 0 Å². The molecule has 0 aliphatic heterocycles. The van der Waals surface area contributed by atoms with Crippen molar-refractivity contribution in [2.75, 3.05) is 6.54 Å². The molecular weight excluding hydrogens is 222 g/mol. The largest absolute Gasteiger partial charge is 0.370 e. The standard InChI is InChI=1S/C16H31NO/c1-3-14-6-8-15(9-7-14)18-16(12-17)10-4-5-13(2)11-16/h13-15H,3-12,17H2,1-2H3. The van der Waals surface area contributed by atoms with Gasteiger partial charge in [-0.05, 0) is 50.4 Å². The van der Waals surface area contributed by atoms with Gasteiger partial charge < -0.3 is 10.5 Å². The molecule has 2 saturated carbocycles. The van der Waals surface area contributed by atoms with Crippen LogP contribution in [0.25, 0.3) is 0 Å². The average molecular weight is 253 g/mol. The maximum Gasteiger partial charge on any atom is 0.0810 e. The molecule has 0 spiro atoms. The zero-order valence-electron chi connectivity index (χ0n) is 12.3. The first kappa shape index (κ1) is 14.3. The highest BCUT2D eigenvalue weighted by atomic mass is 16.5. The monoisotopic (exact) mass is 253 g/mol. The summed E-state index contributed by atoms with van der Waals surface area (Å²) in [7, 11) is 0. The molecule has 0 aromatic heterocycles. The van der Waals surface area contributed by atoms with E-state index in [1.54, 1.807) is 0 Å². The van der Waals surface area contributed by atoms with Crippen molar-refractivity contribution in [3.8, 4) is 0 Å². The summed E-state index contributed by atoms with van der Waals surface area (Å²) in [6.07, 6.45) is 12.1. The Hall–Kier alpha value is -0.0800. The van der Waals surface area contributed by atoms with Crippen LogP contribution in [0.3, 0.4) is 0 Å². The molecule has 106 valence electrons. The van der Waals surface area contributed by atoms with Gasteiger partial charge in [-0.25, -0.2) is 0 Å². The van der Waals surface area contributed by atoms with Crippen molar-refractivity contribution in [3.05, 3.63) is 0 Å². The normalized spacial score (nSPS) is 41.8. The van der Waals surface area contributed by atoms with Gasteiger partial charge in [0, 0.05) is 6.54 Å². The summed E-state index contributed by atoms with van der Waals surface area (Å²) in [5, 5.41) is 0. The number of hydrogen-bond donors (Lipinski definition) is 1. The Morgan fingerprint density at radius 2 is 1.89 bits per heavy atom. The molecule has 2 fully saturated rings. The minimum absolute atomic E-state index is 0.0153. The highest BCUT2D eigenvalue weighted by molar-refractivity contribution is 4.90. The fraction of sp³-hybridized carbons (Fsp3) is 1.00. The second-order valence-corrected chi connectivity index (χ2v) is 6.76. The van der Waals surface area contributed by atoms with E-state index in [9.17, 15) is 0 Å². The predicted octanol–water partition coefficient (Wildman–Crippen LogP) is 3.88. The van der Waals surface area contributed by atoms with E-state index in [0.29, 0.717) is 12.6 Å². The quantitative estimate of drug-likeness (QED) is 0.825. The van der Waals surface area contributed by atoms with Crippen LogP contribution in [0.4, 0.5) is 0 Å². The zero-order valence-corrected chi connectivity index (χ0v) is 12.3. The molecule has 2 rings (SSSR count). The Kier molecular flexibility index (Phi) is 5.08. The fourth-order valence-electron chi connectivity index (χ4n) is 3.96. The summed E-state index contributed by atoms with van der Waals surface area (Å²) in [6, 6.07) is 0. The summed E-state index contributed by atoms with van der Waals surface area (Å²) in [5.41, 5.74) is 6.06. The van der Waals surface area contributed by atoms with Crippen LogP contribution in [0.1, 0.15) is 71.6 Å². The summed E-state index contributed by atoms with van der Waals surface area (Å²) in [6.45, 7) is 5.38. The van der Waals surface area contributed by atoms with Gasteiger partial charge in [-0.15, -0.1) is 0 Å². The molecule has 0 bridgehead atoms. The second-order valence-electron chi connectivity index (χ2n) is 6.76. The van der Waals surface area contributed by atoms with E-state index >= 15 is 0 Å². The Bertz CT molecular complexity index is 247. The van der Waals surface area contributed by atoms with Gasteiger partial charge in [0.15, 0.2) is 0 Å². The van der Waals surface area contributed by atoms with Crippen molar-refractivity contribution in [3.63, 3.8) is 0 Å². The van der Waals surface area contributed by atoms with Crippen LogP contribution < -0.4 is 5.73 Å². The van der Waals surface area contributed by atoms with Crippen LogP contribution in [0, 0.1) is 11.8 Å². The Balaban J connectivity index is 1.86. The topological polar surface area (TPSA) is 35.2 Å². The highest BCUT2D eigenvalue weighted by Gasteiger charge is 2.37. The van der Waals surface area contributed by atoms with E-state index in [2.05, 4.69) is 13.8 Å². The molecular formula is C16H31NO. The van der Waals surface area contributed by atoms with Gasteiger partial charge in [-0.3, -0.25) is 0 Å². The van der Waals surface area contributed by atoms with Crippen molar-refractivity contribution in [1.29, 1.82) is 0 Å². The lowest BCUT2D eigenvalue weighted by Crippen LogP contribution is -2.47. The molecule has 0 aromatic carbocycles. The molecule has 18 heavy (non-hydrogen) atoms. The Morgan fingerprint density at radius 1 is 1.17 bits per heavy atom. The average Bonchev–Trinajstić information content (AvgIpc) is 2.39. The second kappa shape index (κ2) is 6.38. The maximum atomic E-state index is 6.51. The third-order valence-electron chi connectivity index (χ3n) is 5.21. The molecule has 2 aliphatic rings. The first-order valence-electron chi connectivity index (χ1n) is 8.05. The predicted molar refractivity (Wildman–Crippen MR) is 76.5 cm³/mol. The minimum atomic E-state index is 0.0153. The van der Waals surface area contributed by atoms with E-state index in [1.807, 2.05) is 0 Å². The molecule has 0 amide bonds. The maximum absolute atomic E-state index is 6.51. The molecule has 2 unspecified atom stereocenters. The smallest absolute Gasteiger partial charge is 0.0810 e. The number of hydrogen-bond acceptors (Lipinski definition) is 2. The first-order chi connectivity index (χ1) is 8.67. The van der Waals surface area contributed by atoms with Crippen LogP contribution in [0.5, 0.6) is 0 Å². The van der Waals surface area contributed by atoms with E-state index in [0.717, 1.165) is 11.8 Å². The number of rotatable bonds is 4. The third kappa shape index (κ3) is 3.48. The highest BCUT2D eigenvalue weighted by Crippen LogP contribution is 2.38. The van der Waals surface area contributed by atoms with Gasteiger partial charge in [0.1, 0.15) is 0 Å². The molecule has 0 saturated heterocycles. The van der Waals surface area contributed by atoms with Gasteiger partial charge in [0.05, 0.1) is 11.7 Å². The van der Waals surface area contributed by atoms with Crippen molar-refractivity contribution in [1.82, 2.24) is 0 Å². The van der Waals surface area contributed by atoms with Crippen LogP contribution in [0.15, 0.2) is 0 Å². The summed E-state index contributed by atoms with van der Waals surface area (Å²) < 4.78 is 6.51. The van der Waals surface area contributed by atoms with Gasteiger partial charge in [-0.1, -0.05) is 33.1 Å².